The number of rotatable bonds is 5. The first-order valence-corrected chi connectivity index (χ1v) is 6.60. The smallest absolute Gasteiger partial charge is 0.269 e. The number of amides is 1. The second-order valence-corrected chi connectivity index (χ2v) is 4.96. The van der Waals surface area contributed by atoms with Gasteiger partial charge in [0.25, 0.3) is 5.69 Å². The molecule has 2 aromatic rings. The number of nitro benzene ring substituents is 1. The SMILES string of the molecule is O=C(CCc1cccs1)Nc1ccc([N+](=O)[O-])cc1. The van der Waals surface area contributed by atoms with Crippen molar-refractivity contribution in [3.05, 3.63) is 56.8 Å². The lowest BCUT2D eigenvalue weighted by Crippen LogP contribution is -2.11. The number of thiophene rings is 1. The largest absolute Gasteiger partial charge is 0.326 e. The van der Waals surface area contributed by atoms with E-state index in [4.69, 9.17) is 0 Å². The van der Waals surface area contributed by atoms with Crippen molar-refractivity contribution in [1.29, 1.82) is 0 Å². The summed E-state index contributed by atoms with van der Waals surface area (Å²) in [6.07, 6.45) is 1.11. The van der Waals surface area contributed by atoms with Crippen LogP contribution in [-0.2, 0) is 11.2 Å². The molecule has 0 unspecified atom stereocenters. The highest BCUT2D eigenvalue weighted by Gasteiger charge is 2.06. The summed E-state index contributed by atoms with van der Waals surface area (Å²) in [4.78, 5) is 22.9. The van der Waals surface area contributed by atoms with Crippen LogP contribution in [0.1, 0.15) is 11.3 Å². The predicted molar refractivity (Wildman–Crippen MR) is 74.4 cm³/mol. The first-order chi connectivity index (χ1) is 9.15. The summed E-state index contributed by atoms with van der Waals surface area (Å²) >= 11 is 1.62. The molecule has 0 spiro atoms. The zero-order valence-corrected chi connectivity index (χ0v) is 10.9. The van der Waals surface area contributed by atoms with Crippen molar-refractivity contribution in [3.63, 3.8) is 0 Å². The minimum atomic E-state index is -0.470. The summed E-state index contributed by atoms with van der Waals surface area (Å²) in [7, 11) is 0. The number of nitrogens with zero attached hydrogens (tertiary/aromatic N) is 1. The van der Waals surface area contributed by atoms with Crippen LogP contribution < -0.4 is 5.32 Å². The molecule has 1 aromatic heterocycles. The zero-order chi connectivity index (χ0) is 13.7. The van der Waals surface area contributed by atoms with Crippen molar-refractivity contribution in [3.8, 4) is 0 Å². The van der Waals surface area contributed by atoms with E-state index in [0.717, 1.165) is 0 Å². The zero-order valence-electron chi connectivity index (χ0n) is 10.0. The molecule has 2 rings (SSSR count). The van der Waals surface area contributed by atoms with Gasteiger partial charge in [0.05, 0.1) is 4.92 Å². The maximum Gasteiger partial charge on any atom is 0.269 e. The topological polar surface area (TPSA) is 72.2 Å². The fourth-order valence-electron chi connectivity index (χ4n) is 1.58. The van der Waals surface area contributed by atoms with Crippen LogP contribution in [0, 0.1) is 10.1 Å². The van der Waals surface area contributed by atoms with Gasteiger partial charge in [-0.1, -0.05) is 6.07 Å². The molecule has 0 saturated heterocycles. The van der Waals surface area contributed by atoms with Gasteiger partial charge < -0.3 is 5.32 Å². The van der Waals surface area contributed by atoms with E-state index in [2.05, 4.69) is 5.32 Å². The van der Waals surface area contributed by atoms with Crippen LogP contribution >= 0.6 is 11.3 Å². The molecular formula is C13H12N2O3S. The first-order valence-electron chi connectivity index (χ1n) is 5.72. The molecule has 0 fully saturated rings. The van der Waals surface area contributed by atoms with Crippen molar-refractivity contribution in [2.45, 2.75) is 12.8 Å². The fourth-order valence-corrected chi connectivity index (χ4v) is 2.29. The summed E-state index contributed by atoms with van der Waals surface area (Å²) in [5.41, 5.74) is 0.582. The molecule has 0 aliphatic carbocycles. The summed E-state index contributed by atoms with van der Waals surface area (Å²) in [5, 5.41) is 15.2. The highest BCUT2D eigenvalue weighted by atomic mass is 32.1. The average Bonchev–Trinajstić information content (AvgIpc) is 2.90. The van der Waals surface area contributed by atoms with E-state index in [1.807, 2.05) is 17.5 Å². The van der Waals surface area contributed by atoms with Gasteiger partial charge in [0.2, 0.25) is 5.91 Å². The van der Waals surface area contributed by atoms with Crippen molar-refractivity contribution < 1.29 is 9.72 Å². The van der Waals surface area contributed by atoms with Crippen molar-refractivity contribution >= 4 is 28.6 Å². The number of hydrogen-bond donors (Lipinski definition) is 1. The minimum absolute atomic E-state index is 0.0107. The lowest BCUT2D eigenvalue weighted by atomic mass is 10.2. The Kier molecular flexibility index (Phi) is 4.25. The van der Waals surface area contributed by atoms with E-state index in [-0.39, 0.29) is 11.6 Å². The molecule has 0 aliphatic rings. The Hall–Kier alpha value is -2.21. The van der Waals surface area contributed by atoms with Gasteiger partial charge in [-0.05, 0) is 30.0 Å². The van der Waals surface area contributed by atoms with Crippen LogP contribution in [0.25, 0.3) is 0 Å². The van der Waals surface area contributed by atoms with Gasteiger partial charge in [0.1, 0.15) is 0 Å². The molecule has 1 heterocycles. The van der Waals surface area contributed by atoms with Crippen molar-refractivity contribution in [2.75, 3.05) is 5.32 Å². The lowest BCUT2D eigenvalue weighted by Gasteiger charge is -2.04. The molecule has 0 bridgehead atoms. The minimum Gasteiger partial charge on any atom is -0.326 e. The summed E-state index contributed by atoms with van der Waals surface area (Å²) in [5.74, 6) is -0.0951. The van der Waals surface area contributed by atoms with Crippen LogP contribution in [0.3, 0.4) is 0 Å². The first kappa shape index (κ1) is 13.2. The van der Waals surface area contributed by atoms with Gasteiger partial charge in [-0.3, -0.25) is 14.9 Å². The predicted octanol–water partition coefficient (Wildman–Crippen LogP) is 3.23. The number of nitro groups is 1. The average molecular weight is 276 g/mol. The van der Waals surface area contributed by atoms with Crippen molar-refractivity contribution in [2.24, 2.45) is 0 Å². The second-order valence-electron chi connectivity index (χ2n) is 3.93. The number of carbonyl (C=O) groups excluding carboxylic acids is 1. The Bertz CT molecular complexity index is 564. The fraction of sp³-hybridized carbons (Fsp3) is 0.154. The molecule has 0 aliphatic heterocycles. The van der Waals surface area contributed by atoms with Gasteiger partial charge in [-0.2, -0.15) is 0 Å². The second kappa shape index (κ2) is 6.10. The summed E-state index contributed by atoms with van der Waals surface area (Å²) in [6.45, 7) is 0. The number of carbonyl (C=O) groups is 1. The Morgan fingerprint density at radius 2 is 2.00 bits per heavy atom. The number of anilines is 1. The maximum atomic E-state index is 11.7. The Balaban J connectivity index is 1.86. The summed E-state index contributed by atoms with van der Waals surface area (Å²) in [6, 6.07) is 9.74. The van der Waals surface area contributed by atoms with Crippen LogP contribution in [0.2, 0.25) is 0 Å². The van der Waals surface area contributed by atoms with E-state index in [9.17, 15) is 14.9 Å². The van der Waals surface area contributed by atoms with Crippen LogP contribution in [0.5, 0.6) is 0 Å². The molecule has 6 heteroatoms. The third-order valence-corrected chi connectivity index (χ3v) is 3.48. The number of aryl methyl sites for hydroxylation is 1. The lowest BCUT2D eigenvalue weighted by molar-refractivity contribution is -0.384. The molecule has 98 valence electrons. The molecule has 1 N–H and O–H groups in total. The molecule has 0 saturated carbocycles. The van der Waals surface area contributed by atoms with E-state index < -0.39 is 4.92 Å². The van der Waals surface area contributed by atoms with Gasteiger partial charge in [-0.25, -0.2) is 0 Å². The standard InChI is InChI=1S/C13H12N2O3S/c16-13(8-7-12-2-1-9-19-12)14-10-3-5-11(6-4-10)15(17)18/h1-6,9H,7-8H2,(H,14,16). The number of nitrogens with one attached hydrogen (secondary N) is 1. The highest BCUT2D eigenvalue weighted by molar-refractivity contribution is 7.09. The highest BCUT2D eigenvalue weighted by Crippen LogP contribution is 2.16. The Morgan fingerprint density at radius 1 is 1.26 bits per heavy atom. The third kappa shape index (κ3) is 3.89. The summed E-state index contributed by atoms with van der Waals surface area (Å²) < 4.78 is 0. The van der Waals surface area contributed by atoms with Gasteiger partial charge in [0.15, 0.2) is 0 Å². The van der Waals surface area contributed by atoms with Gasteiger partial charge >= 0.3 is 0 Å². The van der Waals surface area contributed by atoms with Gasteiger partial charge in [-0.15, -0.1) is 11.3 Å². The monoisotopic (exact) mass is 276 g/mol. The van der Waals surface area contributed by atoms with Crippen LogP contribution in [-0.4, -0.2) is 10.8 Å². The Labute approximate surface area is 114 Å². The van der Waals surface area contributed by atoms with Gasteiger partial charge in [0, 0.05) is 29.1 Å². The number of benzene rings is 1. The number of hydrogen-bond acceptors (Lipinski definition) is 4. The Morgan fingerprint density at radius 3 is 2.58 bits per heavy atom. The molecule has 1 amide bonds. The van der Waals surface area contributed by atoms with E-state index >= 15 is 0 Å². The van der Waals surface area contributed by atoms with E-state index in [1.54, 1.807) is 11.3 Å². The molecule has 0 radical (unpaired) electrons. The molecular weight excluding hydrogens is 264 g/mol. The molecule has 19 heavy (non-hydrogen) atoms. The maximum absolute atomic E-state index is 11.7. The molecule has 1 aromatic carbocycles. The number of non-ortho nitro benzene ring substituents is 1. The molecule has 0 atom stereocenters. The normalized spacial score (nSPS) is 10.1. The third-order valence-electron chi connectivity index (χ3n) is 2.54. The van der Waals surface area contributed by atoms with E-state index in [1.165, 1.54) is 29.1 Å². The van der Waals surface area contributed by atoms with Crippen LogP contribution in [0.4, 0.5) is 11.4 Å². The quantitative estimate of drug-likeness (QED) is 0.673. The van der Waals surface area contributed by atoms with Crippen LogP contribution in [0.15, 0.2) is 41.8 Å². The van der Waals surface area contributed by atoms with Crippen molar-refractivity contribution in [1.82, 2.24) is 0 Å². The van der Waals surface area contributed by atoms with E-state index in [0.29, 0.717) is 18.5 Å². The molecule has 5 nitrogen and oxygen atoms in total.